The number of carbonyl (C=O) groups is 1. The lowest BCUT2D eigenvalue weighted by atomic mass is 10.2. The number of fused-ring (bicyclic) bond motifs is 3. The first-order valence-corrected chi connectivity index (χ1v) is 10.5. The number of aryl methyl sites for hydroxylation is 1. The molecule has 5 aromatic rings. The number of aromatic nitrogens is 4. The van der Waals surface area contributed by atoms with Crippen LogP contribution in [0.15, 0.2) is 71.5 Å². The molecule has 9 heteroatoms. The Morgan fingerprint density at radius 3 is 2.58 bits per heavy atom. The Labute approximate surface area is 192 Å². The lowest BCUT2D eigenvalue weighted by Gasteiger charge is -2.12. The Kier molecular flexibility index (Phi) is 5.14. The smallest absolute Gasteiger partial charge is 0.296 e. The quantitative estimate of drug-likeness (QED) is 0.429. The molecule has 164 valence electrons. The molecule has 2 aromatic heterocycles. The van der Waals surface area contributed by atoms with Crippen LogP contribution < -0.4 is 10.9 Å². The molecule has 1 N–H and O–H groups in total. The first-order chi connectivity index (χ1) is 15.9. The summed E-state index contributed by atoms with van der Waals surface area (Å²) in [6.45, 7) is 2.21. The van der Waals surface area contributed by atoms with Crippen molar-refractivity contribution in [2.24, 2.45) is 0 Å². The maximum atomic E-state index is 13.9. The first kappa shape index (κ1) is 20.8. The van der Waals surface area contributed by atoms with E-state index in [-0.39, 0.29) is 23.7 Å². The van der Waals surface area contributed by atoms with Crippen LogP contribution in [-0.2, 0) is 6.54 Å². The number of para-hydroxylation sites is 1. The number of anilines is 1. The first-order valence-electron chi connectivity index (χ1n) is 10.1. The van der Waals surface area contributed by atoms with Gasteiger partial charge in [0.1, 0.15) is 5.82 Å². The van der Waals surface area contributed by atoms with Gasteiger partial charge in [0.25, 0.3) is 11.5 Å². The average molecular weight is 462 g/mol. The molecule has 3 aromatic carbocycles. The Bertz CT molecular complexity index is 1590. The number of rotatable bonds is 4. The van der Waals surface area contributed by atoms with Crippen molar-refractivity contribution >= 4 is 39.9 Å². The fraction of sp³-hybridized carbons (Fsp3) is 0.0833. The van der Waals surface area contributed by atoms with Crippen molar-refractivity contribution < 1.29 is 9.18 Å². The lowest BCUT2D eigenvalue weighted by Crippen LogP contribution is -2.24. The molecule has 0 spiro atoms. The van der Waals surface area contributed by atoms with E-state index < -0.39 is 17.3 Å². The van der Waals surface area contributed by atoms with Gasteiger partial charge in [0, 0.05) is 5.02 Å². The van der Waals surface area contributed by atoms with Gasteiger partial charge < -0.3 is 5.32 Å². The highest BCUT2D eigenvalue weighted by molar-refractivity contribution is 6.30. The molecule has 2 heterocycles. The zero-order valence-corrected chi connectivity index (χ0v) is 18.2. The standard InChI is InChI=1S/C24H17ClFN5O2/c1-14-6-11-19-20(12-14)30(13-15-7-9-16(25)10-8-15)24(33)22-28-21(29-31(19)22)23(32)27-18-5-3-2-4-17(18)26/h2-12H,13H2,1H3,(H,27,32). The summed E-state index contributed by atoms with van der Waals surface area (Å²) >= 11 is 5.99. The van der Waals surface area contributed by atoms with Crippen LogP contribution in [0.25, 0.3) is 16.7 Å². The maximum absolute atomic E-state index is 13.9. The summed E-state index contributed by atoms with van der Waals surface area (Å²) in [4.78, 5) is 30.3. The molecule has 0 unspecified atom stereocenters. The van der Waals surface area contributed by atoms with Gasteiger partial charge in [0.15, 0.2) is 0 Å². The van der Waals surface area contributed by atoms with Gasteiger partial charge in [-0.2, -0.15) is 4.98 Å². The average Bonchev–Trinajstić information content (AvgIpc) is 3.25. The van der Waals surface area contributed by atoms with E-state index in [1.54, 1.807) is 22.8 Å². The highest BCUT2D eigenvalue weighted by atomic mass is 35.5. The molecule has 0 aliphatic rings. The summed E-state index contributed by atoms with van der Waals surface area (Å²) in [6.07, 6.45) is 0. The maximum Gasteiger partial charge on any atom is 0.296 e. The summed E-state index contributed by atoms with van der Waals surface area (Å²) in [5, 5.41) is 7.31. The third kappa shape index (κ3) is 3.85. The van der Waals surface area contributed by atoms with Gasteiger partial charge in [0.05, 0.1) is 23.3 Å². The largest absolute Gasteiger partial charge is 0.317 e. The normalized spacial score (nSPS) is 11.2. The van der Waals surface area contributed by atoms with E-state index in [1.165, 1.54) is 22.7 Å². The van der Waals surface area contributed by atoms with Crippen LogP contribution >= 0.6 is 11.6 Å². The van der Waals surface area contributed by atoms with Crippen LogP contribution in [0.4, 0.5) is 10.1 Å². The second kappa shape index (κ2) is 8.14. The van der Waals surface area contributed by atoms with Crippen LogP contribution in [0.5, 0.6) is 0 Å². The van der Waals surface area contributed by atoms with Gasteiger partial charge in [-0.15, -0.1) is 5.10 Å². The van der Waals surface area contributed by atoms with Gasteiger partial charge in [-0.05, 0) is 54.4 Å². The monoisotopic (exact) mass is 461 g/mol. The second-order valence-corrected chi connectivity index (χ2v) is 8.05. The van der Waals surface area contributed by atoms with Crippen molar-refractivity contribution in [1.82, 2.24) is 19.2 Å². The van der Waals surface area contributed by atoms with Crippen LogP contribution in [0, 0.1) is 12.7 Å². The zero-order chi connectivity index (χ0) is 23.1. The molecule has 0 aliphatic heterocycles. The van der Waals surface area contributed by atoms with Gasteiger partial charge in [0.2, 0.25) is 11.5 Å². The third-order valence-corrected chi connectivity index (χ3v) is 5.52. The summed E-state index contributed by atoms with van der Waals surface area (Å²) in [7, 11) is 0. The zero-order valence-electron chi connectivity index (χ0n) is 17.4. The van der Waals surface area contributed by atoms with Crippen LogP contribution in [0.2, 0.25) is 5.02 Å². The Morgan fingerprint density at radius 1 is 1.06 bits per heavy atom. The van der Waals surface area contributed by atoms with E-state index in [4.69, 9.17) is 11.6 Å². The second-order valence-electron chi connectivity index (χ2n) is 7.61. The van der Waals surface area contributed by atoms with Crippen molar-refractivity contribution in [2.75, 3.05) is 5.32 Å². The Hall–Kier alpha value is -4.04. The van der Waals surface area contributed by atoms with Crippen LogP contribution in [0.3, 0.4) is 0 Å². The van der Waals surface area contributed by atoms with Crippen molar-refractivity contribution in [3.63, 3.8) is 0 Å². The molecule has 0 fully saturated rings. The van der Waals surface area contributed by atoms with Gasteiger partial charge in [-0.1, -0.05) is 41.9 Å². The molecule has 1 amide bonds. The van der Waals surface area contributed by atoms with Gasteiger partial charge in [-0.3, -0.25) is 14.2 Å². The summed E-state index contributed by atoms with van der Waals surface area (Å²) < 4.78 is 16.9. The molecule has 0 aliphatic carbocycles. The molecular weight excluding hydrogens is 445 g/mol. The number of hydrogen-bond acceptors (Lipinski definition) is 4. The van der Waals surface area contributed by atoms with Crippen LogP contribution in [-0.4, -0.2) is 25.1 Å². The number of nitrogens with zero attached hydrogens (tertiary/aromatic N) is 4. The van der Waals surface area contributed by atoms with E-state index in [0.717, 1.165) is 11.1 Å². The molecule has 0 atom stereocenters. The van der Waals surface area contributed by atoms with Gasteiger partial charge >= 0.3 is 0 Å². The molecule has 5 rings (SSSR count). The van der Waals surface area contributed by atoms with Crippen molar-refractivity contribution in [1.29, 1.82) is 0 Å². The summed E-state index contributed by atoms with van der Waals surface area (Å²) in [6, 6.07) is 18.6. The number of benzene rings is 3. The molecule has 0 bridgehead atoms. The van der Waals surface area contributed by atoms with Gasteiger partial charge in [-0.25, -0.2) is 8.91 Å². The number of halogens is 2. The van der Waals surface area contributed by atoms with Crippen molar-refractivity contribution in [3.8, 4) is 0 Å². The van der Waals surface area contributed by atoms with E-state index in [0.29, 0.717) is 16.1 Å². The molecule has 33 heavy (non-hydrogen) atoms. The van der Waals surface area contributed by atoms with E-state index in [1.807, 2.05) is 37.3 Å². The number of carbonyl (C=O) groups excluding carboxylic acids is 1. The fourth-order valence-corrected chi connectivity index (χ4v) is 3.77. The van der Waals surface area contributed by atoms with Crippen molar-refractivity contribution in [3.05, 3.63) is 105 Å². The third-order valence-electron chi connectivity index (χ3n) is 5.27. The Morgan fingerprint density at radius 2 is 1.82 bits per heavy atom. The van der Waals surface area contributed by atoms with E-state index >= 15 is 0 Å². The predicted octanol–water partition coefficient (Wildman–Crippen LogP) is 4.45. The topological polar surface area (TPSA) is 81.3 Å². The number of hydrogen-bond donors (Lipinski definition) is 1. The highest BCUT2D eigenvalue weighted by Gasteiger charge is 2.20. The molecule has 0 saturated carbocycles. The molecule has 7 nitrogen and oxygen atoms in total. The minimum Gasteiger partial charge on any atom is -0.317 e. The number of nitrogens with one attached hydrogen (secondary N) is 1. The lowest BCUT2D eigenvalue weighted by molar-refractivity contribution is 0.101. The van der Waals surface area contributed by atoms with E-state index in [9.17, 15) is 14.0 Å². The predicted molar refractivity (Wildman–Crippen MR) is 124 cm³/mol. The van der Waals surface area contributed by atoms with Crippen molar-refractivity contribution in [2.45, 2.75) is 13.5 Å². The summed E-state index contributed by atoms with van der Waals surface area (Å²) in [5.74, 6) is -1.53. The minimum atomic E-state index is -0.715. The molecular formula is C24H17ClFN5O2. The highest BCUT2D eigenvalue weighted by Crippen LogP contribution is 2.19. The fourth-order valence-electron chi connectivity index (χ4n) is 3.64. The SMILES string of the molecule is Cc1ccc2c(c1)n(Cc1ccc(Cl)cc1)c(=O)c1nc(C(=O)Nc3ccccc3F)nn12. The van der Waals surface area contributed by atoms with E-state index in [2.05, 4.69) is 15.4 Å². The van der Waals surface area contributed by atoms with Crippen LogP contribution in [0.1, 0.15) is 21.7 Å². The molecule has 0 radical (unpaired) electrons. The summed E-state index contributed by atoms with van der Waals surface area (Å²) in [5.41, 5.74) is 2.70. The number of amides is 1. The molecule has 0 saturated heterocycles. The minimum absolute atomic E-state index is 0.000926. The Balaban J connectivity index is 1.65.